The van der Waals surface area contributed by atoms with Crippen molar-refractivity contribution in [2.75, 3.05) is 32.2 Å². The van der Waals surface area contributed by atoms with Crippen LogP contribution in [0.15, 0.2) is 45.1 Å². The number of rotatable bonds is 10. The molecule has 2 heterocycles. The van der Waals surface area contributed by atoms with Gasteiger partial charge in [-0.05, 0) is 19.1 Å². The number of aromatic nitrogens is 4. The number of imidazole rings is 1. The highest BCUT2D eigenvalue weighted by atomic mass is 32.2. The van der Waals surface area contributed by atoms with Crippen LogP contribution in [0.4, 0.5) is 0 Å². The summed E-state index contributed by atoms with van der Waals surface area (Å²) in [5.41, 5.74) is 1.31. The molecule has 3 aromatic rings. The van der Waals surface area contributed by atoms with Crippen molar-refractivity contribution in [3.05, 3.63) is 57.0 Å². The zero-order valence-electron chi connectivity index (χ0n) is 17.0. The molecule has 0 N–H and O–H groups in total. The summed E-state index contributed by atoms with van der Waals surface area (Å²) in [6.45, 7) is 4.66. The van der Waals surface area contributed by atoms with Crippen molar-refractivity contribution in [2.24, 2.45) is 14.1 Å². The largest absolute Gasteiger partial charge is 0.378 e. The number of hydrogen-bond acceptors (Lipinski definition) is 6. The topological polar surface area (TPSA) is 80.3 Å². The van der Waals surface area contributed by atoms with E-state index < -0.39 is 0 Å². The van der Waals surface area contributed by atoms with Crippen LogP contribution < -0.4 is 11.2 Å². The van der Waals surface area contributed by atoms with Crippen LogP contribution in [0.5, 0.6) is 0 Å². The molecule has 8 nitrogen and oxygen atoms in total. The van der Waals surface area contributed by atoms with E-state index in [1.54, 1.807) is 29.7 Å². The maximum Gasteiger partial charge on any atom is 0.332 e. The molecule has 1 aromatic carbocycles. The molecule has 0 fully saturated rings. The average molecular weight is 419 g/mol. The number of benzene rings is 1. The highest BCUT2D eigenvalue weighted by Crippen LogP contribution is 2.17. The second-order valence-corrected chi connectivity index (χ2v) is 7.87. The molecule has 9 heteroatoms. The van der Waals surface area contributed by atoms with Gasteiger partial charge < -0.3 is 14.0 Å². The van der Waals surface area contributed by atoms with Crippen molar-refractivity contribution >= 4 is 22.9 Å². The van der Waals surface area contributed by atoms with Crippen LogP contribution in [0.25, 0.3) is 11.2 Å². The first-order valence-electron chi connectivity index (χ1n) is 9.45. The fourth-order valence-electron chi connectivity index (χ4n) is 2.90. The van der Waals surface area contributed by atoms with Gasteiger partial charge in [0.2, 0.25) is 0 Å². The van der Waals surface area contributed by atoms with E-state index in [9.17, 15) is 9.59 Å². The van der Waals surface area contributed by atoms with Crippen LogP contribution in [0.2, 0.25) is 0 Å². The molecular formula is C20H26N4O4S. The third kappa shape index (κ3) is 5.17. The number of hydrogen-bond donors (Lipinski definition) is 0. The summed E-state index contributed by atoms with van der Waals surface area (Å²) in [5.74, 6) is 0.895. The normalized spacial score (nSPS) is 11.4. The van der Waals surface area contributed by atoms with Gasteiger partial charge in [0, 0.05) is 31.3 Å². The Morgan fingerprint density at radius 1 is 0.966 bits per heavy atom. The van der Waals surface area contributed by atoms with E-state index in [0.29, 0.717) is 44.1 Å². The zero-order chi connectivity index (χ0) is 20.8. The van der Waals surface area contributed by atoms with Crippen molar-refractivity contribution in [3.63, 3.8) is 0 Å². The summed E-state index contributed by atoms with van der Waals surface area (Å²) in [5, 5.41) is 0. The summed E-state index contributed by atoms with van der Waals surface area (Å²) in [6, 6.07) is 8.45. The lowest BCUT2D eigenvalue weighted by atomic mass is 10.2. The third-order valence-electron chi connectivity index (χ3n) is 4.58. The van der Waals surface area contributed by atoms with Crippen LogP contribution in [-0.4, -0.2) is 50.9 Å². The van der Waals surface area contributed by atoms with Gasteiger partial charge in [-0.3, -0.25) is 13.9 Å². The van der Waals surface area contributed by atoms with Gasteiger partial charge in [0.1, 0.15) is 0 Å². The maximum atomic E-state index is 12.4. The van der Waals surface area contributed by atoms with E-state index >= 15 is 0 Å². The minimum atomic E-state index is -0.387. The minimum Gasteiger partial charge on any atom is -0.378 e. The quantitative estimate of drug-likeness (QED) is 0.367. The monoisotopic (exact) mass is 418 g/mol. The molecule has 0 amide bonds. The Labute approximate surface area is 173 Å². The first kappa shape index (κ1) is 21.4. The smallest absolute Gasteiger partial charge is 0.332 e. The first-order chi connectivity index (χ1) is 14.0. The van der Waals surface area contributed by atoms with Crippen LogP contribution in [0, 0.1) is 6.92 Å². The third-order valence-corrected chi connectivity index (χ3v) is 5.56. The summed E-state index contributed by atoms with van der Waals surface area (Å²) in [6.07, 6.45) is 1.56. The molecule has 3 rings (SSSR count). The van der Waals surface area contributed by atoms with Crippen molar-refractivity contribution in [3.8, 4) is 0 Å². The molecule has 0 atom stereocenters. The highest BCUT2D eigenvalue weighted by Gasteiger charge is 2.13. The second kappa shape index (κ2) is 9.91. The highest BCUT2D eigenvalue weighted by molar-refractivity contribution is 7.99. The Hall–Kier alpha value is -2.36. The Bertz CT molecular complexity index is 1070. The average Bonchev–Trinajstić information content (AvgIpc) is 3.15. The van der Waals surface area contributed by atoms with E-state index in [1.165, 1.54) is 22.1 Å². The van der Waals surface area contributed by atoms with Crippen LogP contribution in [0.1, 0.15) is 5.56 Å². The van der Waals surface area contributed by atoms with E-state index in [-0.39, 0.29) is 11.2 Å². The SMILES string of the molecule is Cc1ccc(SCCOCCOCCn2cnc3c2c(=O)n(C)c(=O)n3C)cc1. The lowest BCUT2D eigenvalue weighted by Gasteiger charge is -2.08. The first-order valence-corrected chi connectivity index (χ1v) is 10.4. The lowest BCUT2D eigenvalue weighted by Crippen LogP contribution is -2.37. The number of fused-ring (bicyclic) bond motifs is 1. The van der Waals surface area contributed by atoms with E-state index in [4.69, 9.17) is 9.47 Å². The molecule has 0 aliphatic carbocycles. The number of nitrogens with zero attached hydrogens (tertiary/aromatic N) is 4. The minimum absolute atomic E-state index is 0.352. The number of aryl methyl sites for hydroxylation is 2. The van der Waals surface area contributed by atoms with E-state index in [1.807, 2.05) is 0 Å². The van der Waals surface area contributed by atoms with E-state index in [2.05, 4.69) is 36.2 Å². The summed E-state index contributed by atoms with van der Waals surface area (Å²) in [4.78, 5) is 29.7. The molecule has 0 radical (unpaired) electrons. The molecule has 29 heavy (non-hydrogen) atoms. The van der Waals surface area contributed by atoms with Gasteiger partial charge >= 0.3 is 5.69 Å². The molecule has 0 bridgehead atoms. The second-order valence-electron chi connectivity index (χ2n) is 6.70. The van der Waals surface area contributed by atoms with Crippen molar-refractivity contribution in [1.82, 2.24) is 18.7 Å². The number of ether oxygens (including phenoxy) is 2. The maximum absolute atomic E-state index is 12.4. The molecule has 0 spiro atoms. The summed E-state index contributed by atoms with van der Waals surface area (Å²) < 4.78 is 15.4. The summed E-state index contributed by atoms with van der Waals surface area (Å²) in [7, 11) is 3.07. The van der Waals surface area contributed by atoms with Gasteiger partial charge in [0.15, 0.2) is 11.2 Å². The van der Waals surface area contributed by atoms with Gasteiger partial charge in [0.05, 0.1) is 32.8 Å². The van der Waals surface area contributed by atoms with Crippen LogP contribution in [-0.2, 0) is 30.1 Å². The van der Waals surface area contributed by atoms with Gasteiger partial charge in [-0.1, -0.05) is 17.7 Å². The molecule has 2 aromatic heterocycles. The lowest BCUT2D eigenvalue weighted by molar-refractivity contribution is 0.0509. The van der Waals surface area contributed by atoms with Crippen LogP contribution in [0.3, 0.4) is 0 Å². The number of thioether (sulfide) groups is 1. The predicted molar refractivity (Wildman–Crippen MR) is 114 cm³/mol. The van der Waals surface area contributed by atoms with Gasteiger partial charge in [-0.25, -0.2) is 9.78 Å². The molecule has 0 aliphatic rings. The zero-order valence-corrected chi connectivity index (χ0v) is 17.8. The van der Waals surface area contributed by atoms with Gasteiger partial charge in [-0.15, -0.1) is 11.8 Å². The van der Waals surface area contributed by atoms with Crippen molar-refractivity contribution < 1.29 is 9.47 Å². The van der Waals surface area contributed by atoms with Gasteiger partial charge in [-0.2, -0.15) is 0 Å². The Balaban J connectivity index is 1.36. The van der Waals surface area contributed by atoms with Crippen molar-refractivity contribution in [2.45, 2.75) is 18.4 Å². The predicted octanol–water partition coefficient (Wildman–Crippen LogP) is 1.57. The Kier molecular flexibility index (Phi) is 7.29. The van der Waals surface area contributed by atoms with Crippen LogP contribution >= 0.6 is 11.8 Å². The molecule has 0 aliphatic heterocycles. The molecule has 0 unspecified atom stereocenters. The standard InChI is InChI=1S/C20H26N4O4S/c1-15-4-6-16(7-5-15)29-13-12-28-11-10-27-9-8-24-14-21-18-17(24)19(25)23(3)20(26)22(18)2/h4-7,14H,8-13H2,1-3H3. The summed E-state index contributed by atoms with van der Waals surface area (Å²) >= 11 is 1.77. The fraction of sp³-hybridized carbons (Fsp3) is 0.450. The Morgan fingerprint density at radius 3 is 2.38 bits per heavy atom. The molecule has 156 valence electrons. The van der Waals surface area contributed by atoms with Gasteiger partial charge in [0.25, 0.3) is 5.56 Å². The molecular weight excluding hydrogens is 392 g/mol. The fourth-order valence-corrected chi connectivity index (χ4v) is 3.67. The van der Waals surface area contributed by atoms with E-state index in [0.717, 1.165) is 10.3 Å². The Morgan fingerprint density at radius 2 is 1.66 bits per heavy atom. The molecule has 0 saturated heterocycles. The van der Waals surface area contributed by atoms with Crippen molar-refractivity contribution in [1.29, 1.82) is 0 Å². The molecule has 0 saturated carbocycles.